The third-order valence-corrected chi connectivity index (χ3v) is 6.43. The van der Waals surface area contributed by atoms with Crippen LogP contribution < -0.4 is 16.0 Å². The Hall–Kier alpha value is -1.89. The number of carbonyl (C=O) groups excluding carboxylic acids is 3. The SMILES string of the molecule is CCCCNC(=O)c1c(NC(=O)C2CC2)sc2c1CCCC2C(=O)NCC. The maximum Gasteiger partial charge on any atom is 0.254 e. The van der Waals surface area contributed by atoms with Crippen LogP contribution in [0.25, 0.3) is 0 Å². The van der Waals surface area contributed by atoms with E-state index < -0.39 is 0 Å². The molecule has 3 rings (SSSR count). The summed E-state index contributed by atoms with van der Waals surface area (Å²) in [6, 6.07) is 0. The highest BCUT2D eigenvalue weighted by Gasteiger charge is 2.36. The third kappa shape index (κ3) is 4.51. The molecule has 3 amide bonds. The number of amides is 3. The maximum atomic E-state index is 12.9. The standard InChI is InChI=1S/C20H29N3O3S/c1-3-5-11-22-19(26)15-13-7-6-8-14(18(25)21-4-2)16(13)27-20(15)23-17(24)12-9-10-12/h12,14H,3-11H2,1-2H3,(H,21,25)(H,22,26)(H,23,24). The van der Waals surface area contributed by atoms with Crippen LogP contribution in [-0.4, -0.2) is 30.8 Å². The van der Waals surface area contributed by atoms with E-state index in [0.29, 0.717) is 23.7 Å². The second kappa shape index (κ2) is 8.87. The lowest BCUT2D eigenvalue weighted by Gasteiger charge is -2.22. The number of thiophene rings is 1. The van der Waals surface area contributed by atoms with Gasteiger partial charge in [0.1, 0.15) is 5.00 Å². The Kier molecular flexibility index (Phi) is 6.52. The van der Waals surface area contributed by atoms with Crippen LogP contribution in [0.5, 0.6) is 0 Å². The average molecular weight is 392 g/mol. The molecule has 1 aromatic rings. The summed E-state index contributed by atoms with van der Waals surface area (Å²) in [5.41, 5.74) is 1.52. The van der Waals surface area contributed by atoms with Gasteiger partial charge in [0.25, 0.3) is 5.91 Å². The van der Waals surface area contributed by atoms with Gasteiger partial charge < -0.3 is 16.0 Å². The molecular formula is C20H29N3O3S. The Morgan fingerprint density at radius 3 is 2.52 bits per heavy atom. The summed E-state index contributed by atoms with van der Waals surface area (Å²) < 4.78 is 0. The Morgan fingerprint density at radius 2 is 1.85 bits per heavy atom. The van der Waals surface area contributed by atoms with Crippen LogP contribution in [0.15, 0.2) is 0 Å². The molecule has 1 heterocycles. The molecule has 148 valence electrons. The highest BCUT2D eigenvalue weighted by Crippen LogP contribution is 2.44. The minimum Gasteiger partial charge on any atom is -0.356 e. The van der Waals surface area contributed by atoms with Gasteiger partial charge in [-0.05, 0) is 51.0 Å². The molecule has 1 fully saturated rings. The minimum atomic E-state index is -0.229. The average Bonchev–Trinajstić information content (AvgIpc) is 3.43. The first-order valence-corrected chi connectivity index (χ1v) is 10.9. The lowest BCUT2D eigenvalue weighted by Crippen LogP contribution is -2.31. The van der Waals surface area contributed by atoms with Gasteiger partial charge >= 0.3 is 0 Å². The summed E-state index contributed by atoms with van der Waals surface area (Å²) in [7, 11) is 0. The zero-order valence-corrected chi connectivity index (χ0v) is 17.0. The highest BCUT2D eigenvalue weighted by molar-refractivity contribution is 7.17. The zero-order valence-electron chi connectivity index (χ0n) is 16.2. The Morgan fingerprint density at radius 1 is 1.07 bits per heavy atom. The number of fused-ring (bicyclic) bond motifs is 1. The van der Waals surface area contributed by atoms with Gasteiger partial charge in [0, 0.05) is 23.9 Å². The first-order chi connectivity index (χ1) is 13.1. The first-order valence-electron chi connectivity index (χ1n) is 10.1. The molecule has 2 aliphatic carbocycles. The lowest BCUT2D eigenvalue weighted by atomic mass is 9.86. The molecule has 0 radical (unpaired) electrons. The van der Waals surface area contributed by atoms with Crippen molar-refractivity contribution in [3.05, 3.63) is 16.0 Å². The highest BCUT2D eigenvalue weighted by atomic mass is 32.1. The summed E-state index contributed by atoms with van der Waals surface area (Å²) in [6.07, 6.45) is 6.18. The number of hydrogen-bond acceptors (Lipinski definition) is 4. The number of rotatable bonds is 8. The van der Waals surface area contributed by atoms with Crippen LogP contribution in [0.1, 0.15) is 79.1 Å². The van der Waals surface area contributed by atoms with E-state index >= 15 is 0 Å². The number of nitrogens with one attached hydrogen (secondary N) is 3. The number of likely N-dealkylation sites (N-methyl/N-ethyl adjacent to an activating group) is 1. The van der Waals surface area contributed by atoms with Gasteiger partial charge in [0.15, 0.2) is 0 Å². The van der Waals surface area contributed by atoms with E-state index in [1.54, 1.807) is 0 Å². The van der Waals surface area contributed by atoms with Crippen molar-refractivity contribution in [2.24, 2.45) is 5.92 Å². The van der Waals surface area contributed by atoms with E-state index in [2.05, 4.69) is 22.9 Å². The second-order valence-electron chi connectivity index (χ2n) is 7.36. The van der Waals surface area contributed by atoms with E-state index in [1.165, 1.54) is 11.3 Å². The Bertz CT molecular complexity index is 724. The van der Waals surface area contributed by atoms with E-state index in [4.69, 9.17) is 0 Å². The molecule has 7 heteroatoms. The van der Waals surface area contributed by atoms with Crippen molar-refractivity contribution < 1.29 is 14.4 Å². The van der Waals surface area contributed by atoms with Crippen LogP contribution in [-0.2, 0) is 16.0 Å². The molecule has 1 unspecified atom stereocenters. The fourth-order valence-electron chi connectivity index (χ4n) is 3.53. The predicted molar refractivity (Wildman–Crippen MR) is 107 cm³/mol. The van der Waals surface area contributed by atoms with Gasteiger partial charge in [-0.2, -0.15) is 0 Å². The quantitative estimate of drug-likeness (QED) is 0.595. The number of anilines is 1. The van der Waals surface area contributed by atoms with Crippen molar-refractivity contribution in [2.75, 3.05) is 18.4 Å². The van der Waals surface area contributed by atoms with Crippen molar-refractivity contribution in [1.29, 1.82) is 0 Å². The Labute approximate surface area is 164 Å². The van der Waals surface area contributed by atoms with Gasteiger partial charge in [0.05, 0.1) is 11.5 Å². The molecule has 27 heavy (non-hydrogen) atoms. The van der Waals surface area contributed by atoms with Crippen molar-refractivity contribution >= 4 is 34.1 Å². The number of hydrogen-bond donors (Lipinski definition) is 3. The molecule has 0 saturated heterocycles. The van der Waals surface area contributed by atoms with Gasteiger partial charge in [-0.1, -0.05) is 13.3 Å². The molecule has 0 bridgehead atoms. The lowest BCUT2D eigenvalue weighted by molar-refractivity contribution is -0.122. The van der Waals surface area contributed by atoms with Gasteiger partial charge in [-0.15, -0.1) is 11.3 Å². The van der Waals surface area contributed by atoms with Crippen molar-refractivity contribution in [3.63, 3.8) is 0 Å². The van der Waals surface area contributed by atoms with E-state index in [9.17, 15) is 14.4 Å². The van der Waals surface area contributed by atoms with Gasteiger partial charge in [-0.3, -0.25) is 14.4 Å². The molecule has 1 saturated carbocycles. The van der Waals surface area contributed by atoms with Crippen LogP contribution >= 0.6 is 11.3 Å². The number of unbranched alkanes of at least 4 members (excludes halogenated alkanes) is 1. The Balaban J connectivity index is 1.91. The normalized spacial score (nSPS) is 18.5. The van der Waals surface area contributed by atoms with Crippen molar-refractivity contribution in [2.45, 2.75) is 64.7 Å². The first kappa shape index (κ1) is 19.9. The summed E-state index contributed by atoms with van der Waals surface area (Å²) in [4.78, 5) is 38.7. The smallest absolute Gasteiger partial charge is 0.254 e. The van der Waals surface area contributed by atoms with Crippen molar-refractivity contribution in [1.82, 2.24) is 10.6 Å². The summed E-state index contributed by atoms with van der Waals surface area (Å²) in [5, 5.41) is 9.48. The molecule has 2 aliphatic rings. The van der Waals surface area contributed by atoms with E-state index in [1.807, 2.05) is 6.92 Å². The second-order valence-corrected chi connectivity index (χ2v) is 8.41. The summed E-state index contributed by atoms with van der Waals surface area (Å²) >= 11 is 1.41. The summed E-state index contributed by atoms with van der Waals surface area (Å²) in [5.74, 6) is -0.293. The van der Waals surface area contributed by atoms with Crippen LogP contribution in [0.3, 0.4) is 0 Å². The molecule has 0 spiro atoms. The largest absolute Gasteiger partial charge is 0.356 e. The maximum absolute atomic E-state index is 12.9. The topological polar surface area (TPSA) is 87.3 Å². The molecule has 0 aliphatic heterocycles. The molecule has 3 N–H and O–H groups in total. The van der Waals surface area contributed by atoms with Crippen LogP contribution in [0.2, 0.25) is 0 Å². The van der Waals surface area contributed by atoms with Gasteiger partial charge in [0.2, 0.25) is 11.8 Å². The van der Waals surface area contributed by atoms with E-state index in [-0.39, 0.29) is 29.6 Å². The molecule has 1 atom stereocenters. The van der Waals surface area contributed by atoms with E-state index in [0.717, 1.165) is 55.4 Å². The third-order valence-electron chi connectivity index (χ3n) is 5.17. The molecule has 1 aromatic heterocycles. The predicted octanol–water partition coefficient (Wildman–Crippen LogP) is 3.18. The van der Waals surface area contributed by atoms with Gasteiger partial charge in [-0.25, -0.2) is 0 Å². The zero-order chi connectivity index (χ0) is 19.4. The van der Waals surface area contributed by atoms with Crippen molar-refractivity contribution in [3.8, 4) is 0 Å². The molecule has 6 nitrogen and oxygen atoms in total. The van der Waals surface area contributed by atoms with Crippen LogP contribution in [0, 0.1) is 5.92 Å². The summed E-state index contributed by atoms with van der Waals surface area (Å²) in [6.45, 7) is 5.20. The molecular weight excluding hydrogens is 362 g/mol. The van der Waals surface area contributed by atoms with Crippen LogP contribution in [0.4, 0.5) is 5.00 Å². The number of carbonyl (C=O) groups is 3. The fraction of sp³-hybridized carbons (Fsp3) is 0.650. The fourth-order valence-corrected chi connectivity index (χ4v) is 4.91. The monoisotopic (exact) mass is 391 g/mol. The molecule has 0 aromatic carbocycles. The minimum absolute atomic E-state index is 0.00855.